The highest BCUT2D eigenvalue weighted by molar-refractivity contribution is 5.89. The summed E-state index contributed by atoms with van der Waals surface area (Å²) in [6.45, 7) is 3.57. The van der Waals surface area contributed by atoms with Gasteiger partial charge < -0.3 is 15.5 Å². The van der Waals surface area contributed by atoms with E-state index < -0.39 is 0 Å². The molecule has 3 rings (SSSR count). The minimum Gasteiger partial charge on any atom is -0.354 e. The van der Waals surface area contributed by atoms with E-state index in [1.54, 1.807) is 4.90 Å². The van der Waals surface area contributed by atoms with E-state index in [1.807, 2.05) is 30.3 Å². The molecule has 6 heteroatoms. The first-order chi connectivity index (χ1) is 12.2. The summed E-state index contributed by atoms with van der Waals surface area (Å²) in [7, 11) is 0. The zero-order chi connectivity index (χ0) is 17.5. The van der Waals surface area contributed by atoms with Crippen LogP contribution in [0.2, 0.25) is 0 Å². The lowest BCUT2D eigenvalue weighted by molar-refractivity contribution is -0.138. The molecule has 5 nitrogen and oxygen atoms in total. The third kappa shape index (κ3) is 5.71. The van der Waals surface area contributed by atoms with E-state index in [4.69, 9.17) is 0 Å². The molecule has 2 fully saturated rings. The highest BCUT2D eigenvalue weighted by Gasteiger charge is 2.33. The predicted molar refractivity (Wildman–Crippen MR) is 105 cm³/mol. The molecule has 0 aliphatic carbocycles. The number of rotatable bonds is 6. The van der Waals surface area contributed by atoms with Crippen LogP contribution in [0.25, 0.3) is 0 Å². The number of halogens is 1. The van der Waals surface area contributed by atoms with Crippen molar-refractivity contribution in [3.8, 4) is 0 Å². The van der Waals surface area contributed by atoms with E-state index in [9.17, 15) is 9.59 Å². The largest absolute Gasteiger partial charge is 0.354 e. The molecule has 1 aromatic carbocycles. The number of nitrogens with zero attached hydrogens (tertiary/aromatic N) is 1. The highest BCUT2D eigenvalue weighted by atomic mass is 35.5. The number of benzene rings is 1. The highest BCUT2D eigenvalue weighted by Crippen LogP contribution is 2.19. The van der Waals surface area contributed by atoms with Crippen LogP contribution < -0.4 is 10.6 Å². The molecule has 144 valence electrons. The maximum atomic E-state index is 12.6. The fourth-order valence-electron chi connectivity index (χ4n) is 3.90. The van der Waals surface area contributed by atoms with Gasteiger partial charge in [0.15, 0.2) is 0 Å². The lowest BCUT2D eigenvalue weighted by Gasteiger charge is -2.25. The van der Waals surface area contributed by atoms with Crippen molar-refractivity contribution in [1.82, 2.24) is 15.5 Å². The Labute approximate surface area is 162 Å². The van der Waals surface area contributed by atoms with Crippen LogP contribution in [-0.4, -0.2) is 48.9 Å². The van der Waals surface area contributed by atoms with Crippen molar-refractivity contribution in [3.05, 3.63) is 35.9 Å². The van der Waals surface area contributed by atoms with Crippen LogP contribution in [0.1, 0.15) is 37.7 Å². The Bertz CT molecular complexity index is 576. The van der Waals surface area contributed by atoms with Crippen LogP contribution in [0.5, 0.6) is 0 Å². The summed E-state index contributed by atoms with van der Waals surface area (Å²) >= 11 is 0. The van der Waals surface area contributed by atoms with Gasteiger partial charge in [-0.3, -0.25) is 9.59 Å². The van der Waals surface area contributed by atoms with Gasteiger partial charge in [-0.05, 0) is 56.7 Å². The second-order valence-corrected chi connectivity index (χ2v) is 7.20. The van der Waals surface area contributed by atoms with Gasteiger partial charge in [0.2, 0.25) is 11.8 Å². The Hall–Kier alpha value is -1.59. The van der Waals surface area contributed by atoms with Gasteiger partial charge in [-0.25, -0.2) is 0 Å². The summed E-state index contributed by atoms with van der Waals surface area (Å²) in [6.07, 6.45) is 5.54. The third-order valence-corrected chi connectivity index (χ3v) is 5.32. The molecule has 0 spiro atoms. The number of amides is 2. The molecule has 2 unspecified atom stereocenters. The molecule has 0 aromatic heterocycles. The van der Waals surface area contributed by atoms with Crippen molar-refractivity contribution in [1.29, 1.82) is 0 Å². The SMILES string of the molecule is Cl.O=C(NCCC1CCCNC1)C1CCCN1C(=O)Cc1ccccc1. The maximum absolute atomic E-state index is 12.6. The molecule has 2 amide bonds. The lowest BCUT2D eigenvalue weighted by atomic mass is 9.96. The van der Waals surface area contributed by atoms with Crippen LogP contribution in [0.15, 0.2) is 30.3 Å². The van der Waals surface area contributed by atoms with Crippen molar-refractivity contribution in [2.24, 2.45) is 5.92 Å². The average molecular weight is 380 g/mol. The van der Waals surface area contributed by atoms with Gasteiger partial charge in [-0.1, -0.05) is 30.3 Å². The minimum atomic E-state index is -0.291. The Morgan fingerprint density at radius 1 is 1.15 bits per heavy atom. The molecule has 0 radical (unpaired) electrons. The summed E-state index contributed by atoms with van der Waals surface area (Å²) in [4.78, 5) is 26.9. The van der Waals surface area contributed by atoms with Crippen LogP contribution in [-0.2, 0) is 16.0 Å². The van der Waals surface area contributed by atoms with Gasteiger partial charge in [0, 0.05) is 13.1 Å². The topological polar surface area (TPSA) is 61.4 Å². The molecule has 2 saturated heterocycles. The third-order valence-electron chi connectivity index (χ3n) is 5.32. The standard InChI is InChI=1S/C20H29N3O2.ClH/c24-19(14-16-6-2-1-3-7-16)23-13-5-9-18(23)20(25)22-12-10-17-8-4-11-21-15-17;/h1-3,6-7,17-18,21H,4-5,8-15H2,(H,22,25);1H. The first-order valence-electron chi connectivity index (χ1n) is 9.56. The van der Waals surface area contributed by atoms with Crippen molar-refractivity contribution in [2.45, 2.75) is 44.6 Å². The molecular formula is C20H30ClN3O2. The van der Waals surface area contributed by atoms with E-state index in [1.165, 1.54) is 12.8 Å². The average Bonchev–Trinajstić information content (AvgIpc) is 3.13. The molecule has 2 heterocycles. The van der Waals surface area contributed by atoms with Gasteiger partial charge in [0.1, 0.15) is 6.04 Å². The van der Waals surface area contributed by atoms with Crippen LogP contribution in [0.3, 0.4) is 0 Å². The van der Waals surface area contributed by atoms with Crippen LogP contribution in [0, 0.1) is 5.92 Å². The number of carbonyl (C=O) groups is 2. The monoisotopic (exact) mass is 379 g/mol. The van der Waals surface area contributed by atoms with Gasteiger partial charge in [0.05, 0.1) is 6.42 Å². The first-order valence-corrected chi connectivity index (χ1v) is 9.56. The number of piperidine rings is 1. The van der Waals surface area contributed by atoms with Gasteiger partial charge >= 0.3 is 0 Å². The van der Waals surface area contributed by atoms with Crippen molar-refractivity contribution >= 4 is 24.2 Å². The Balaban J connectivity index is 0.00000243. The molecule has 2 atom stereocenters. The molecule has 0 saturated carbocycles. The second-order valence-electron chi connectivity index (χ2n) is 7.20. The number of hydrogen-bond donors (Lipinski definition) is 2. The zero-order valence-corrected chi connectivity index (χ0v) is 16.1. The fraction of sp³-hybridized carbons (Fsp3) is 0.600. The number of carbonyl (C=O) groups excluding carboxylic acids is 2. The summed E-state index contributed by atoms with van der Waals surface area (Å²) in [5.41, 5.74) is 1.00. The number of nitrogens with one attached hydrogen (secondary N) is 2. The van der Waals surface area contributed by atoms with Gasteiger partial charge in [-0.2, -0.15) is 0 Å². The molecule has 0 bridgehead atoms. The zero-order valence-electron chi connectivity index (χ0n) is 15.3. The Morgan fingerprint density at radius 2 is 1.96 bits per heavy atom. The summed E-state index contributed by atoms with van der Waals surface area (Å²) in [5, 5.41) is 6.47. The van der Waals surface area contributed by atoms with Crippen molar-refractivity contribution < 1.29 is 9.59 Å². The molecule has 2 N–H and O–H groups in total. The van der Waals surface area contributed by atoms with Crippen molar-refractivity contribution in [2.75, 3.05) is 26.2 Å². The summed E-state index contributed by atoms with van der Waals surface area (Å²) < 4.78 is 0. The van der Waals surface area contributed by atoms with Gasteiger partial charge in [-0.15, -0.1) is 12.4 Å². The maximum Gasteiger partial charge on any atom is 0.242 e. The van der Waals surface area contributed by atoms with Gasteiger partial charge in [0.25, 0.3) is 0 Å². The van der Waals surface area contributed by atoms with Crippen LogP contribution in [0.4, 0.5) is 0 Å². The minimum absolute atomic E-state index is 0. The smallest absolute Gasteiger partial charge is 0.242 e. The van der Waals surface area contributed by atoms with E-state index in [0.29, 0.717) is 25.4 Å². The quantitative estimate of drug-likeness (QED) is 0.796. The Morgan fingerprint density at radius 3 is 2.69 bits per heavy atom. The Kier molecular flexibility index (Phi) is 8.39. The van der Waals surface area contributed by atoms with E-state index in [2.05, 4.69) is 10.6 Å². The number of likely N-dealkylation sites (tertiary alicyclic amines) is 1. The lowest BCUT2D eigenvalue weighted by Crippen LogP contribution is -2.47. The second kappa shape index (κ2) is 10.5. The fourth-order valence-corrected chi connectivity index (χ4v) is 3.90. The van der Waals surface area contributed by atoms with Crippen LogP contribution >= 0.6 is 12.4 Å². The predicted octanol–water partition coefficient (Wildman–Crippen LogP) is 2.15. The normalized spacial score (nSPS) is 22.5. The first kappa shape index (κ1) is 20.7. The van der Waals surface area contributed by atoms with E-state index >= 15 is 0 Å². The molecule has 1 aromatic rings. The summed E-state index contributed by atoms with van der Waals surface area (Å²) in [5.74, 6) is 0.733. The van der Waals surface area contributed by atoms with E-state index in [-0.39, 0.29) is 30.3 Å². The van der Waals surface area contributed by atoms with Crippen molar-refractivity contribution in [3.63, 3.8) is 0 Å². The van der Waals surface area contributed by atoms with E-state index in [0.717, 1.165) is 37.9 Å². The molecule has 2 aliphatic heterocycles. The molecule has 26 heavy (non-hydrogen) atoms. The molecule has 2 aliphatic rings. The summed E-state index contributed by atoms with van der Waals surface area (Å²) in [6, 6.07) is 9.46. The number of hydrogen-bond acceptors (Lipinski definition) is 3. The molecular weight excluding hydrogens is 350 g/mol.